The highest BCUT2D eigenvalue weighted by molar-refractivity contribution is 5.91. The first-order valence-electron chi connectivity index (χ1n) is 7.50. The van der Waals surface area contributed by atoms with Crippen LogP contribution in [0.1, 0.15) is 12.5 Å². The minimum Gasteiger partial charge on any atom is -0.497 e. The van der Waals surface area contributed by atoms with Crippen LogP contribution in [0.3, 0.4) is 0 Å². The van der Waals surface area contributed by atoms with Gasteiger partial charge in [-0.15, -0.1) is 0 Å². The Hall–Kier alpha value is -2.37. The Morgan fingerprint density at radius 2 is 2.09 bits per heavy atom. The Labute approximate surface area is 133 Å². The van der Waals surface area contributed by atoms with Crippen LogP contribution in [0, 0.1) is 0 Å². The summed E-state index contributed by atoms with van der Waals surface area (Å²) in [4.78, 5) is 12.7. The maximum Gasteiger partial charge on any atom is 0.200 e. The van der Waals surface area contributed by atoms with Gasteiger partial charge < -0.3 is 19.6 Å². The molecular formula is C18H19NO4. The van der Waals surface area contributed by atoms with Crippen molar-refractivity contribution in [3.8, 4) is 5.75 Å². The van der Waals surface area contributed by atoms with Crippen LogP contribution in [0.15, 0.2) is 45.6 Å². The average Bonchev–Trinajstić information content (AvgIpc) is 2.59. The first-order valence-corrected chi connectivity index (χ1v) is 7.50. The maximum absolute atomic E-state index is 12.7. The zero-order chi connectivity index (χ0) is 16.4. The van der Waals surface area contributed by atoms with Gasteiger partial charge in [-0.05, 0) is 25.1 Å². The van der Waals surface area contributed by atoms with E-state index in [1.165, 1.54) is 0 Å². The van der Waals surface area contributed by atoms with E-state index in [-0.39, 0.29) is 18.1 Å². The summed E-state index contributed by atoms with van der Waals surface area (Å²) in [7, 11) is 1.58. The van der Waals surface area contributed by atoms with Crippen LogP contribution < -0.4 is 15.5 Å². The third kappa shape index (κ3) is 2.93. The molecule has 2 aromatic carbocycles. The van der Waals surface area contributed by atoms with E-state index < -0.39 is 0 Å². The fourth-order valence-corrected chi connectivity index (χ4v) is 2.53. The third-order valence-electron chi connectivity index (χ3n) is 3.90. The highest BCUT2D eigenvalue weighted by Crippen LogP contribution is 2.24. The number of nitrogens with one attached hydrogen (secondary N) is 1. The SMILES string of the molecule is COc1ccc2c(=O)c3cccc(CN[C@H](C)CO)c3oc2c1. The molecular weight excluding hydrogens is 294 g/mol. The molecule has 0 aliphatic carbocycles. The zero-order valence-electron chi connectivity index (χ0n) is 13.1. The summed E-state index contributed by atoms with van der Waals surface area (Å²) in [5.41, 5.74) is 1.89. The molecule has 0 radical (unpaired) electrons. The molecule has 2 N–H and O–H groups in total. The minimum atomic E-state index is -0.0547. The molecule has 23 heavy (non-hydrogen) atoms. The van der Waals surface area contributed by atoms with Gasteiger partial charge in [0.05, 0.1) is 24.5 Å². The number of hydrogen-bond acceptors (Lipinski definition) is 5. The fourth-order valence-electron chi connectivity index (χ4n) is 2.53. The summed E-state index contributed by atoms with van der Waals surface area (Å²) in [6.45, 7) is 2.45. The van der Waals surface area contributed by atoms with Crippen molar-refractivity contribution >= 4 is 21.9 Å². The molecule has 1 atom stereocenters. The van der Waals surface area contributed by atoms with Crippen molar-refractivity contribution in [2.75, 3.05) is 13.7 Å². The van der Waals surface area contributed by atoms with Gasteiger partial charge in [-0.3, -0.25) is 4.79 Å². The van der Waals surface area contributed by atoms with E-state index in [0.29, 0.717) is 34.2 Å². The lowest BCUT2D eigenvalue weighted by Gasteiger charge is -2.12. The van der Waals surface area contributed by atoms with Crippen molar-refractivity contribution in [2.45, 2.75) is 19.5 Å². The predicted molar refractivity (Wildman–Crippen MR) is 89.9 cm³/mol. The van der Waals surface area contributed by atoms with E-state index >= 15 is 0 Å². The number of fused-ring (bicyclic) bond motifs is 2. The molecule has 0 aliphatic rings. The highest BCUT2D eigenvalue weighted by Gasteiger charge is 2.12. The van der Waals surface area contributed by atoms with Gasteiger partial charge in [0.15, 0.2) is 0 Å². The molecule has 0 aliphatic heterocycles. The molecule has 0 saturated heterocycles. The second-order valence-electron chi connectivity index (χ2n) is 5.55. The van der Waals surface area contributed by atoms with Gasteiger partial charge in [0.1, 0.15) is 16.9 Å². The van der Waals surface area contributed by atoms with E-state index in [1.54, 1.807) is 31.4 Å². The lowest BCUT2D eigenvalue weighted by Crippen LogP contribution is -2.28. The van der Waals surface area contributed by atoms with E-state index in [0.717, 1.165) is 5.56 Å². The molecule has 0 fully saturated rings. The number of aliphatic hydroxyl groups excluding tert-OH is 1. The maximum atomic E-state index is 12.7. The third-order valence-corrected chi connectivity index (χ3v) is 3.90. The van der Waals surface area contributed by atoms with Crippen molar-refractivity contribution < 1.29 is 14.3 Å². The Kier molecular flexibility index (Phi) is 4.32. The van der Waals surface area contributed by atoms with E-state index in [1.807, 2.05) is 19.1 Å². The smallest absolute Gasteiger partial charge is 0.200 e. The molecule has 1 heterocycles. The topological polar surface area (TPSA) is 71.7 Å². The highest BCUT2D eigenvalue weighted by atomic mass is 16.5. The quantitative estimate of drug-likeness (QED) is 0.708. The van der Waals surface area contributed by atoms with E-state index in [2.05, 4.69) is 5.32 Å². The molecule has 120 valence electrons. The number of rotatable bonds is 5. The molecule has 0 unspecified atom stereocenters. The Bertz CT molecular complexity index is 901. The number of ether oxygens (including phenoxy) is 1. The normalized spacial score (nSPS) is 12.7. The van der Waals surface area contributed by atoms with E-state index in [4.69, 9.17) is 14.3 Å². The van der Waals surface area contributed by atoms with Crippen molar-refractivity contribution in [1.82, 2.24) is 5.32 Å². The van der Waals surface area contributed by atoms with Gasteiger partial charge >= 0.3 is 0 Å². The molecule has 0 saturated carbocycles. The summed E-state index contributed by atoms with van der Waals surface area (Å²) in [5, 5.41) is 13.4. The van der Waals surface area contributed by atoms with Gasteiger partial charge in [0.25, 0.3) is 0 Å². The van der Waals surface area contributed by atoms with Crippen LogP contribution in [0.2, 0.25) is 0 Å². The van der Waals surface area contributed by atoms with Gasteiger partial charge in [-0.2, -0.15) is 0 Å². The predicted octanol–water partition coefficient (Wildman–Crippen LogP) is 2.43. The second-order valence-corrected chi connectivity index (χ2v) is 5.55. The summed E-state index contributed by atoms with van der Waals surface area (Å²) >= 11 is 0. The van der Waals surface area contributed by atoms with Crippen LogP contribution in [-0.2, 0) is 6.54 Å². The van der Waals surface area contributed by atoms with E-state index in [9.17, 15) is 4.79 Å². The fraction of sp³-hybridized carbons (Fsp3) is 0.278. The first kappa shape index (κ1) is 15.5. The summed E-state index contributed by atoms with van der Waals surface area (Å²) in [6.07, 6.45) is 0. The van der Waals surface area contributed by atoms with Crippen molar-refractivity contribution in [3.05, 3.63) is 52.2 Å². The second kappa shape index (κ2) is 6.40. The largest absolute Gasteiger partial charge is 0.497 e. The number of aliphatic hydroxyl groups is 1. The zero-order valence-corrected chi connectivity index (χ0v) is 13.1. The Morgan fingerprint density at radius 3 is 2.83 bits per heavy atom. The number of methoxy groups -OCH3 is 1. The number of hydrogen-bond donors (Lipinski definition) is 2. The summed E-state index contributed by atoms with van der Waals surface area (Å²) < 4.78 is 11.2. The molecule has 3 aromatic rings. The molecule has 0 spiro atoms. The average molecular weight is 313 g/mol. The van der Waals surface area contributed by atoms with Gasteiger partial charge in [0.2, 0.25) is 5.43 Å². The van der Waals surface area contributed by atoms with Crippen LogP contribution >= 0.6 is 0 Å². The molecule has 5 nitrogen and oxygen atoms in total. The summed E-state index contributed by atoms with van der Waals surface area (Å²) in [5.74, 6) is 0.643. The Balaban J connectivity index is 2.17. The molecule has 0 bridgehead atoms. The monoisotopic (exact) mass is 313 g/mol. The van der Waals surface area contributed by atoms with Crippen LogP contribution in [0.4, 0.5) is 0 Å². The van der Waals surface area contributed by atoms with Crippen molar-refractivity contribution in [3.63, 3.8) is 0 Å². The summed E-state index contributed by atoms with van der Waals surface area (Å²) in [6, 6.07) is 10.7. The standard InChI is InChI=1S/C18H19NO4/c1-11(10-20)19-9-12-4-3-5-15-17(21)14-7-6-13(22-2)8-16(14)23-18(12)15/h3-8,11,19-20H,9-10H2,1-2H3/t11-/m1/s1. The lowest BCUT2D eigenvalue weighted by atomic mass is 10.1. The van der Waals surface area contributed by atoms with Gasteiger partial charge in [0, 0.05) is 24.2 Å². The molecule has 3 rings (SSSR count). The number of benzene rings is 2. The van der Waals surface area contributed by atoms with Gasteiger partial charge in [-0.1, -0.05) is 12.1 Å². The molecule has 5 heteroatoms. The molecule has 1 aromatic heterocycles. The number of para-hydroxylation sites is 1. The first-order chi connectivity index (χ1) is 11.1. The lowest BCUT2D eigenvalue weighted by molar-refractivity contribution is 0.251. The van der Waals surface area contributed by atoms with Crippen LogP contribution in [0.5, 0.6) is 5.75 Å². The van der Waals surface area contributed by atoms with Crippen LogP contribution in [-0.4, -0.2) is 24.9 Å². The van der Waals surface area contributed by atoms with Crippen molar-refractivity contribution in [1.29, 1.82) is 0 Å². The van der Waals surface area contributed by atoms with Crippen LogP contribution in [0.25, 0.3) is 21.9 Å². The van der Waals surface area contributed by atoms with Gasteiger partial charge in [-0.25, -0.2) is 0 Å². The van der Waals surface area contributed by atoms with Crippen molar-refractivity contribution in [2.24, 2.45) is 0 Å². The minimum absolute atomic E-state index is 0.0301. The molecule has 0 amide bonds. The Morgan fingerprint density at radius 1 is 1.26 bits per heavy atom.